The Balaban J connectivity index is 1.30. The van der Waals surface area contributed by atoms with Gasteiger partial charge in [-0.25, -0.2) is 4.79 Å². The maximum atomic E-state index is 12.9. The minimum Gasteiger partial charge on any atom is -0.490 e. The third-order valence-electron chi connectivity index (χ3n) is 6.03. The zero-order valence-corrected chi connectivity index (χ0v) is 17.2. The lowest BCUT2D eigenvalue weighted by molar-refractivity contribution is -0.140. The van der Waals surface area contributed by atoms with Crippen LogP contribution in [0.5, 0.6) is 5.75 Å². The fraction of sp³-hybridized carbons (Fsp3) is 0.571. The number of hydrogen-bond acceptors (Lipinski definition) is 5. The number of benzene rings is 1. The largest absolute Gasteiger partial charge is 0.490 e. The van der Waals surface area contributed by atoms with Gasteiger partial charge < -0.3 is 24.6 Å². The predicted molar refractivity (Wildman–Crippen MR) is 105 cm³/mol. The number of amides is 3. The lowest BCUT2D eigenvalue weighted by Crippen LogP contribution is -2.62. The quantitative estimate of drug-likeness (QED) is 0.742. The molecule has 0 unspecified atom stereocenters. The Morgan fingerprint density at radius 3 is 2.59 bits per heavy atom. The van der Waals surface area contributed by atoms with Crippen LogP contribution in [0.15, 0.2) is 18.2 Å². The van der Waals surface area contributed by atoms with E-state index in [2.05, 4.69) is 5.32 Å². The lowest BCUT2D eigenvalue weighted by Gasteiger charge is -2.43. The number of rotatable bonds is 2. The van der Waals surface area contributed by atoms with Crippen LogP contribution in [0.25, 0.3) is 0 Å². The van der Waals surface area contributed by atoms with E-state index in [0.29, 0.717) is 45.4 Å². The third-order valence-corrected chi connectivity index (χ3v) is 6.03. The van der Waals surface area contributed by atoms with Gasteiger partial charge in [0.25, 0.3) is 0 Å². The monoisotopic (exact) mass is 452 g/mol. The van der Waals surface area contributed by atoms with E-state index >= 15 is 0 Å². The van der Waals surface area contributed by atoms with Crippen LogP contribution in [0.4, 0.5) is 18.0 Å². The van der Waals surface area contributed by atoms with Gasteiger partial charge in [-0.2, -0.15) is 18.4 Å². The second kappa shape index (κ2) is 8.86. The smallest absolute Gasteiger partial charge is 0.417 e. The molecular weight excluding hydrogens is 429 g/mol. The molecule has 3 heterocycles. The first-order chi connectivity index (χ1) is 15.2. The minimum atomic E-state index is -4.60. The number of halogens is 3. The zero-order valence-electron chi connectivity index (χ0n) is 17.2. The van der Waals surface area contributed by atoms with Gasteiger partial charge in [-0.05, 0) is 24.6 Å². The summed E-state index contributed by atoms with van der Waals surface area (Å²) in [5.74, 6) is 0.0239. The molecule has 0 bridgehead atoms. The van der Waals surface area contributed by atoms with Crippen molar-refractivity contribution in [1.82, 2.24) is 15.1 Å². The number of alkyl halides is 3. The van der Waals surface area contributed by atoms with E-state index in [1.54, 1.807) is 15.9 Å². The molecule has 3 aliphatic rings. The Kier molecular flexibility index (Phi) is 6.15. The minimum absolute atomic E-state index is 0.0530. The molecule has 3 aliphatic heterocycles. The summed E-state index contributed by atoms with van der Waals surface area (Å²) in [6.45, 7) is 1.89. The molecule has 0 radical (unpaired) electrons. The zero-order chi connectivity index (χ0) is 22.9. The van der Waals surface area contributed by atoms with Crippen LogP contribution in [0.3, 0.4) is 0 Å². The fourth-order valence-corrected chi connectivity index (χ4v) is 4.37. The fourth-order valence-electron chi connectivity index (χ4n) is 4.37. The van der Waals surface area contributed by atoms with Crippen molar-refractivity contribution < 1.29 is 32.2 Å². The Labute approximate surface area is 182 Å². The van der Waals surface area contributed by atoms with E-state index < -0.39 is 17.3 Å². The van der Waals surface area contributed by atoms with Gasteiger partial charge in [0.05, 0.1) is 29.3 Å². The Morgan fingerprint density at radius 1 is 1.19 bits per heavy atom. The van der Waals surface area contributed by atoms with Crippen molar-refractivity contribution in [3.63, 3.8) is 0 Å². The number of nitrogens with one attached hydrogen (secondary N) is 1. The lowest BCUT2D eigenvalue weighted by atomic mass is 10.0. The highest BCUT2D eigenvalue weighted by atomic mass is 19.4. The second-order valence-electron chi connectivity index (χ2n) is 8.16. The van der Waals surface area contributed by atoms with Crippen LogP contribution < -0.4 is 10.1 Å². The van der Waals surface area contributed by atoms with Gasteiger partial charge in [-0.15, -0.1) is 0 Å². The van der Waals surface area contributed by atoms with E-state index in [9.17, 15) is 22.8 Å². The molecule has 0 spiro atoms. The summed E-state index contributed by atoms with van der Waals surface area (Å²) in [6, 6.07) is 4.42. The van der Waals surface area contributed by atoms with E-state index in [4.69, 9.17) is 14.7 Å². The molecule has 3 fully saturated rings. The van der Waals surface area contributed by atoms with E-state index in [1.807, 2.05) is 0 Å². The molecule has 0 aromatic heterocycles. The maximum Gasteiger partial charge on any atom is 0.417 e. The summed E-state index contributed by atoms with van der Waals surface area (Å²) in [5, 5.41) is 11.9. The molecule has 3 amide bonds. The van der Waals surface area contributed by atoms with E-state index in [0.717, 1.165) is 12.1 Å². The molecule has 32 heavy (non-hydrogen) atoms. The first-order valence-electron chi connectivity index (χ1n) is 10.5. The number of ether oxygens (including phenoxy) is 2. The SMILES string of the molecule is N#Cc1cc(OC2CCN(C(=O)N3CC[C@@H]4OCC(=O)N[C@@H]4C3)CC2)ccc1C(F)(F)F. The summed E-state index contributed by atoms with van der Waals surface area (Å²) in [6.07, 6.45) is -3.23. The van der Waals surface area contributed by atoms with Crippen molar-refractivity contribution in [2.75, 3.05) is 32.8 Å². The summed E-state index contributed by atoms with van der Waals surface area (Å²) in [7, 11) is 0. The first-order valence-corrected chi connectivity index (χ1v) is 10.5. The van der Waals surface area contributed by atoms with Crippen molar-refractivity contribution in [3.8, 4) is 11.8 Å². The van der Waals surface area contributed by atoms with Crippen LogP contribution in [0, 0.1) is 11.3 Å². The molecule has 2 atom stereocenters. The summed E-state index contributed by atoms with van der Waals surface area (Å²) in [4.78, 5) is 27.9. The highest BCUT2D eigenvalue weighted by Gasteiger charge is 2.38. The van der Waals surface area contributed by atoms with E-state index in [-0.39, 0.29) is 42.5 Å². The molecule has 0 aliphatic carbocycles. The normalized spacial score (nSPS) is 24.4. The highest BCUT2D eigenvalue weighted by Crippen LogP contribution is 2.34. The highest BCUT2D eigenvalue weighted by molar-refractivity contribution is 5.79. The van der Waals surface area contributed by atoms with Crippen molar-refractivity contribution in [1.29, 1.82) is 5.26 Å². The van der Waals surface area contributed by atoms with Crippen LogP contribution in [-0.2, 0) is 15.7 Å². The maximum absolute atomic E-state index is 12.9. The molecule has 1 aromatic carbocycles. The summed E-state index contributed by atoms with van der Waals surface area (Å²) in [5.41, 5.74) is -1.47. The summed E-state index contributed by atoms with van der Waals surface area (Å²) >= 11 is 0. The number of morpholine rings is 1. The van der Waals surface area contributed by atoms with Gasteiger partial charge >= 0.3 is 12.2 Å². The Hall–Kier alpha value is -3.00. The average Bonchev–Trinajstić information content (AvgIpc) is 2.77. The second-order valence-corrected chi connectivity index (χ2v) is 8.16. The van der Waals surface area contributed by atoms with Crippen molar-refractivity contribution in [2.45, 2.75) is 43.7 Å². The van der Waals surface area contributed by atoms with Crippen LogP contribution >= 0.6 is 0 Å². The number of fused-ring (bicyclic) bond motifs is 1. The van der Waals surface area contributed by atoms with Crippen molar-refractivity contribution in [3.05, 3.63) is 29.3 Å². The standard InChI is InChI=1S/C21H23F3N4O4/c22-21(23,24)16-2-1-15(9-13(16)10-25)32-14-3-6-27(7-4-14)20(30)28-8-5-18-17(11-28)26-19(29)12-31-18/h1-2,9,14,17-18H,3-8,11-12H2,(H,26,29)/t17-,18+/m1/s1. The predicted octanol–water partition coefficient (Wildman–Crippen LogP) is 2.13. The van der Waals surface area contributed by atoms with Gasteiger partial charge in [0.2, 0.25) is 5.91 Å². The number of nitrogens with zero attached hydrogens (tertiary/aromatic N) is 3. The van der Waals surface area contributed by atoms with E-state index in [1.165, 1.54) is 6.07 Å². The van der Waals surface area contributed by atoms with Crippen molar-refractivity contribution >= 4 is 11.9 Å². The molecule has 0 saturated carbocycles. The van der Waals surface area contributed by atoms with Crippen molar-refractivity contribution in [2.24, 2.45) is 0 Å². The van der Waals surface area contributed by atoms with Crippen LogP contribution in [-0.4, -0.2) is 72.8 Å². The molecule has 8 nitrogen and oxygen atoms in total. The molecular formula is C21H23F3N4O4. The number of nitriles is 1. The molecule has 172 valence electrons. The molecule has 1 aromatic rings. The number of urea groups is 1. The van der Waals surface area contributed by atoms with Crippen LogP contribution in [0.1, 0.15) is 30.4 Å². The number of hydrogen-bond donors (Lipinski definition) is 1. The topological polar surface area (TPSA) is 94.9 Å². The number of carbonyl (C=O) groups is 2. The number of carbonyl (C=O) groups excluding carboxylic acids is 2. The molecule has 4 rings (SSSR count). The average molecular weight is 452 g/mol. The third kappa shape index (κ3) is 4.75. The van der Waals surface area contributed by atoms with Gasteiger partial charge in [-0.1, -0.05) is 0 Å². The molecule has 3 saturated heterocycles. The molecule has 11 heteroatoms. The van der Waals surface area contributed by atoms with Gasteiger partial charge in [0.15, 0.2) is 0 Å². The molecule has 1 N–H and O–H groups in total. The number of piperidine rings is 2. The summed E-state index contributed by atoms with van der Waals surface area (Å²) < 4.78 is 50.1. The number of likely N-dealkylation sites (tertiary alicyclic amines) is 2. The first kappa shape index (κ1) is 22.2. The van der Waals surface area contributed by atoms with Gasteiger partial charge in [-0.3, -0.25) is 4.79 Å². The van der Waals surface area contributed by atoms with Crippen LogP contribution in [0.2, 0.25) is 0 Å². The van der Waals surface area contributed by atoms with Gasteiger partial charge in [0, 0.05) is 39.0 Å². The Morgan fingerprint density at radius 2 is 1.91 bits per heavy atom. The van der Waals surface area contributed by atoms with Gasteiger partial charge in [0.1, 0.15) is 18.5 Å². The Bertz CT molecular complexity index is 925.